The predicted molar refractivity (Wildman–Crippen MR) is 191 cm³/mol. The lowest BCUT2D eigenvalue weighted by Crippen LogP contribution is -2.39. The zero-order valence-electron chi connectivity index (χ0n) is 26.0. The van der Waals surface area contributed by atoms with Crippen LogP contribution in [0.4, 0.5) is 0 Å². The first-order valence-electron chi connectivity index (χ1n) is 16.5. The summed E-state index contributed by atoms with van der Waals surface area (Å²) >= 11 is 0. The highest BCUT2D eigenvalue weighted by Gasteiger charge is 2.59. The lowest BCUT2D eigenvalue weighted by atomic mass is 9.89. The van der Waals surface area contributed by atoms with Gasteiger partial charge < -0.3 is 4.89 Å². The molecule has 1 saturated heterocycles. The summed E-state index contributed by atoms with van der Waals surface area (Å²) in [5.41, 5.74) is 5.71. The molecule has 228 valence electrons. The van der Waals surface area contributed by atoms with Crippen LogP contribution in [0.5, 0.6) is 0 Å². The largest absolute Gasteiger partial charge is 0.630 e. The minimum absolute atomic E-state index is 0.186. The number of hydrogen-bond donors (Lipinski definition) is 0. The van der Waals surface area contributed by atoms with Gasteiger partial charge in [0, 0.05) is 0 Å². The van der Waals surface area contributed by atoms with Crippen LogP contribution in [0.25, 0.3) is 32.7 Å². The molecule has 1 aliphatic heterocycles. The number of nitrogens with zero attached hydrogens (tertiary/aromatic N) is 3. The summed E-state index contributed by atoms with van der Waals surface area (Å²) in [6.45, 7) is 1.21. The second-order valence-corrected chi connectivity index (χ2v) is 14.9. The van der Waals surface area contributed by atoms with Crippen molar-refractivity contribution in [2.75, 3.05) is 0 Å². The quantitative estimate of drug-likeness (QED) is 0.132. The lowest BCUT2D eigenvalue weighted by molar-refractivity contribution is -0.192. The first-order chi connectivity index (χ1) is 22.7. The molecule has 46 heavy (non-hydrogen) atoms. The van der Waals surface area contributed by atoms with E-state index in [1.54, 1.807) is 0 Å². The van der Waals surface area contributed by atoms with Gasteiger partial charge in [0.05, 0.1) is 31.4 Å². The van der Waals surface area contributed by atoms with E-state index in [9.17, 15) is 0 Å². The molecule has 6 aromatic carbocycles. The summed E-state index contributed by atoms with van der Waals surface area (Å²) in [6.07, 6.45) is 6.23. The fourth-order valence-corrected chi connectivity index (χ4v) is 10.4. The standard InChI is InChI=1S/C41H38N3OP/c45-46(42-28-31-24-26-33(27-25-31)32-12-2-1-3-13-32)43(29-36-18-10-16-34-14-4-6-20-38(34)36)40-22-8-9-23-41(40)44(46)30-37-19-11-17-35-15-5-7-21-39(35)37/h1-7,10-21,24-28,40-41H,8-9,22-23,29-30H2/b42-28+/t40-,41-/m1/s1. The van der Waals surface area contributed by atoms with Crippen molar-refractivity contribution in [3.8, 4) is 11.1 Å². The van der Waals surface area contributed by atoms with Crippen LogP contribution in [0.1, 0.15) is 42.4 Å². The molecule has 6 aromatic rings. The van der Waals surface area contributed by atoms with Gasteiger partial charge in [-0.2, -0.15) is 0 Å². The van der Waals surface area contributed by atoms with Crippen LogP contribution < -0.4 is 4.89 Å². The maximum atomic E-state index is 15.8. The average molecular weight is 620 g/mol. The SMILES string of the molecule is [O-][P+]1(/N=C/c2ccc(-c3ccccc3)cc2)N(Cc2cccc3ccccc23)[C@@H]2CCCC[C@H]2N1Cc1cccc2ccccc12. The van der Waals surface area contributed by atoms with Gasteiger partial charge in [-0.3, -0.25) is 0 Å². The Kier molecular flexibility index (Phi) is 7.98. The molecule has 1 saturated carbocycles. The molecule has 1 heterocycles. The molecule has 2 aliphatic rings. The molecule has 0 aromatic heterocycles. The Labute approximate surface area is 272 Å². The van der Waals surface area contributed by atoms with Gasteiger partial charge >= 0.3 is 0 Å². The van der Waals surface area contributed by atoms with Gasteiger partial charge in [-0.25, -0.2) is 0 Å². The zero-order valence-corrected chi connectivity index (χ0v) is 26.8. The highest BCUT2D eigenvalue weighted by molar-refractivity contribution is 7.63. The Morgan fingerprint density at radius 2 is 1.04 bits per heavy atom. The van der Waals surface area contributed by atoms with Crippen LogP contribution in [0.15, 0.2) is 144 Å². The van der Waals surface area contributed by atoms with Crippen LogP contribution in [0.2, 0.25) is 0 Å². The number of rotatable bonds is 7. The lowest BCUT2D eigenvalue weighted by Gasteiger charge is -2.36. The van der Waals surface area contributed by atoms with E-state index in [0.29, 0.717) is 13.1 Å². The molecule has 5 heteroatoms. The van der Waals surface area contributed by atoms with E-state index in [0.717, 1.165) is 36.8 Å². The van der Waals surface area contributed by atoms with Crippen molar-refractivity contribution < 1.29 is 4.89 Å². The van der Waals surface area contributed by atoms with Gasteiger partial charge in [-0.15, -0.1) is 14.1 Å². The summed E-state index contributed by atoms with van der Waals surface area (Å²) in [4.78, 5) is 15.8. The van der Waals surface area contributed by atoms with Crippen molar-refractivity contribution in [1.29, 1.82) is 0 Å². The van der Waals surface area contributed by atoms with Crippen molar-refractivity contribution in [3.63, 3.8) is 0 Å². The highest BCUT2D eigenvalue weighted by atomic mass is 31.2. The molecule has 8 rings (SSSR count). The molecule has 0 amide bonds. The van der Waals surface area contributed by atoms with E-state index in [2.05, 4.69) is 143 Å². The summed E-state index contributed by atoms with van der Waals surface area (Å²) in [5, 5.41) is 4.86. The summed E-state index contributed by atoms with van der Waals surface area (Å²) < 4.78 is 9.73. The van der Waals surface area contributed by atoms with E-state index in [-0.39, 0.29) is 12.1 Å². The predicted octanol–water partition coefficient (Wildman–Crippen LogP) is 9.45. The van der Waals surface area contributed by atoms with Crippen LogP contribution in [0.3, 0.4) is 0 Å². The van der Waals surface area contributed by atoms with Gasteiger partial charge in [-0.05, 0) is 62.2 Å². The highest BCUT2D eigenvalue weighted by Crippen LogP contribution is 2.69. The number of hydrogen-bond acceptors (Lipinski definition) is 4. The normalized spacial score (nSPS) is 20.0. The third kappa shape index (κ3) is 5.46. The number of benzene rings is 6. The second kappa shape index (κ2) is 12.5. The fourth-order valence-electron chi connectivity index (χ4n) is 7.62. The smallest absolute Gasteiger partial charge is 0.238 e. The molecular formula is C41H38N3OP. The van der Waals surface area contributed by atoms with Gasteiger partial charge in [0.15, 0.2) is 0 Å². The molecule has 2 atom stereocenters. The Hall–Kier alpha value is -4.18. The summed E-state index contributed by atoms with van der Waals surface area (Å²) in [5.74, 6) is 0. The molecule has 0 radical (unpaired) electrons. The topological polar surface area (TPSA) is 41.9 Å². The Morgan fingerprint density at radius 1 is 0.565 bits per heavy atom. The maximum Gasteiger partial charge on any atom is 0.238 e. The van der Waals surface area contributed by atoms with E-state index >= 15 is 4.89 Å². The van der Waals surface area contributed by atoms with Crippen molar-refractivity contribution >= 4 is 35.7 Å². The Morgan fingerprint density at radius 3 is 1.61 bits per heavy atom. The minimum Gasteiger partial charge on any atom is -0.630 e. The molecule has 0 bridgehead atoms. The Balaban J connectivity index is 1.21. The molecule has 1 aliphatic carbocycles. The van der Waals surface area contributed by atoms with Crippen LogP contribution >= 0.6 is 7.94 Å². The summed E-state index contributed by atoms with van der Waals surface area (Å²) in [6, 6.07) is 49.3. The fraction of sp³-hybridized carbons (Fsp3) is 0.195. The number of fused-ring (bicyclic) bond motifs is 3. The monoisotopic (exact) mass is 619 g/mol. The van der Waals surface area contributed by atoms with Crippen LogP contribution in [0, 0.1) is 0 Å². The minimum atomic E-state index is -3.38. The van der Waals surface area contributed by atoms with Crippen molar-refractivity contribution in [2.45, 2.75) is 50.9 Å². The average Bonchev–Trinajstić information content (AvgIpc) is 3.35. The first-order valence-corrected chi connectivity index (χ1v) is 18.0. The molecule has 2 fully saturated rings. The van der Waals surface area contributed by atoms with Gasteiger partial charge in [0.1, 0.15) is 0 Å². The molecule has 0 unspecified atom stereocenters. The van der Waals surface area contributed by atoms with E-state index in [1.165, 1.54) is 38.2 Å². The maximum absolute atomic E-state index is 15.8. The van der Waals surface area contributed by atoms with Gasteiger partial charge in [0.2, 0.25) is 7.94 Å². The van der Waals surface area contributed by atoms with Crippen molar-refractivity contribution in [2.24, 2.45) is 4.76 Å². The van der Waals surface area contributed by atoms with Gasteiger partial charge in [0.25, 0.3) is 0 Å². The third-order valence-electron chi connectivity index (χ3n) is 9.93. The van der Waals surface area contributed by atoms with E-state index in [1.807, 2.05) is 12.3 Å². The Bertz CT molecular complexity index is 1900. The second-order valence-electron chi connectivity index (χ2n) is 12.6. The molecule has 4 nitrogen and oxygen atoms in total. The van der Waals surface area contributed by atoms with E-state index < -0.39 is 7.94 Å². The van der Waals surface area contributed by atoms with E-state index in [4.69, 9.17) is 4.76 Å². The first kappa shape index (κ1) is 29.2. The van der Waals surface area contributed by atoms with Crippen LogP contribution in [-0.4, -0.2) is 27.6 Å². The third-order valence-corrected chi connectivity index (χ3v) is 12.6. The molecule has 0 spiro atoms. The molecular weight excluding hydrogens is 581 g/mol. The van der Waals surface area contributed by atoms with Crippen LogP contribution in [-0.2, 0) is 13.1 Å². The van der Waals surface area contributed by atoms with Crippen molar-refractivity contribution in [3.05, 3.63) is 156 Å². The summed E-state index contributed by atoms with van der Waals surface area (Å²) in [7, 11) is -3.38. The zero-order chi connectivity index (χ0) is 30.9. The van der Waals surface area contributed by atoms with Crippen molar-refractivity contribution in [1.82, 2.24) is 9.34 Å². The molecule has 0 N–H and O–H groups in total. The van der Waals surface area contributed by atoms with Gasteiger partial charge in [-0.1, -0.05) is 152 Å².